The average molecular weight is 263 g/mol. The van der Waals surface area contributed by atoms with Crippen LogP contribution in [0.1, 0.15) is 32.6 Å². The van der Waals surface area contributed by atoms with Crippen molar-refractivity contribution >= 4 is 17.5 Å². The van der Waals surface area contributed by atoms with E-state index in [1.54, 1.807) is 0 Å². The third-order valence-electron chi connectivity index (χ3n) is 2.50. The van der Waals surface area contributed by atoms with Crippen LogP contribution in [0.15, 0.2) is 30.3 Å². The molecule has 0 heterocycles. The molecule has 1 aromatic carbocycles. The minimum absolute atomic E-state index is 0.00525. The number of nitrogens with one attached hydrogen (secondary N) is 3. The molecular formula is C14H21N3O2. The first-order valence-corrected chi connectivity index (χ1v) is 6.59. The van der Waals surface area contributed by atoms with Gasteiger partial charge in [-0.1, -0.05) is 25.1 Å². The first-order chi connectivity index (χ1) is 9.22. The quantitative estimate of drug-likeness (QED) is 0.627. The van der Waals surface area contributed by atoms with Crippen molar-refractivity contribution in [3.05, 3.63) is 30.3 Å². The van der Waals surface area contributed by atoms with E-state index < -0.39 is 0 Å². The van der Waals surface area contributed by atoms with Gasteiger partial charge in [0.15, 0.2) is 0 Å². The van der Waals surface area contributed by atoms with Crippen molar-refractivity contribution in [1.82, 2.24) is 10.7 Å². The molecule has 104 valence electrons. The third-order valence-corrected chi connectivity index (χ3v) is 2.50. The number of carbonyl (C=O) groups is 2. The molecule has 0 fully saturated rings. The Bertz CT molecular complexity index is 393. The van der Waals surface area contributed by atoms with E-state index in [1.165, 1.54) is 0 Å². The van der Waals surface area contributed by atoms with E-state index in [2.05, 4.69) is 16.2 Å². The normalized spacial score (nSPS) is 9.74. The van der Waals surface area contributed by atoms with Gasteiger partial charge >= 0.3 is 0 Å². The van der Waals surface area contributed by atoms with Crippen molar-refractivity contribution in [2.24, 2.45) is 0 Å². The number of rotatable bonds is 8. The molecule has 0 radical (unpaired) electrons. The summed E-state index contributed by atoms with van der Waals surface area (Å²) in [6, 6.07) is 9.39. The summed E-state index contributed by atoms with van der Waals surface area (Å²) < 4.78 is 0. The van der Waals surface area contributed by atoms with E-state index in [0.29, 0.717) is 25.8 Å². The topological polar surface area (TPSA) is 70.2 Å². The lowest BCUT2D eigenvalue weighted by molar-refractivity contribution is -0.122. The number of hydrazine groups is 1. The number of amides is 2. The molecule has 5 nitrogen and oxygen atoms in total. The largest absolute Gasteiger partial charge is 0.356 e. The fourth-order valence-corrected chi connectivity index (χ4v) is 1.49. The number of carbonyl (C=O) groups excluding carboxylic acids is 2. The van der Waals surface area contributed by atoms with Crippen LogP contribution in [0, 0.1) is 0 Å². The van der Waals surface area contributed by atoms with Crippen LogP contribution in [0.4, 0.5) is 5.69 Å². The maximum atomic E-state index is 11.5. The molecule has 2 amide bonds. The molecule has 0 aliphatic carbocycles. The average Bonchev–Trinajstić information content (AvgIpc) is 2.44. The van der Waals surface area contributed by atoms with Crippen molar-refractivity contribution in [2.45, 2.75) is 32.6 Å². The highest BCUT2D eigenvalue weighted by atomic mass is 16.2. The van der Waals surface area contributed by atoms with Crippen molar-refractivity contribution in [3.63, 3.8) is 0 Å². The predicted molar refractivity (Wildman–Crippen MR) is 75.4 cm³/mol. The van der Waals surface area contributed by atoms with Gasteiger partial charge in [0, 0.05) is 19.4 Å². The molecule has 19 heavy (non-hydrogen) atoms. The SMILES string of the molecule is CCCNC(=O)CCCC(=O)NNc1ccccc1. The van der Waals surface area contributed by atoms with E-state index in [9.17, 15) is 9.59 Å². The Morgan fingerprint density at radius 2 is 1.74 bits per heavy atom. The Hall–Kier alpha value is -2.04. The van der Waals surface area contributed by atoms with Gasteiger partial charge in [-0.15, -0.1) is 0 Å². The molecule has 0 atom stereocenters. The van der Waals surface area contributed by atoms with Crippen LogP contribution in [-0.2, 0) is 9.59 Å². The number of benzene rings is 1. The summed E-state index contributed by atoms with van der Waals surface area (Å²) >= 11 is 0. The molecule has 0 aromatic heterocycles. The minimum Gasteiger partial charge on any atom is -0.356 e. The lowest BCUT2D eigenvalue weighted by Gasteiger charge is -2.08. The second kappa shape index (κ2) is 8.97. The van der Waals surface area contributed by atoms with E-state index >= 15 is 0 Å². The maximum Gasteiger partial charge on any atom is 0.238 e. The minimum atomic E-state index is -0.118. The number of hydrogen-bond donors (Lipinski definition) is 3. The standard InChI is InChI=1S/C14H21N3O2/c1-2-11-15-13(18)9-6-10-14(19)17-16-12-7-4-3-5-8-12/h3-5,7-8,16H,2,6,9-11H2,1H3,(H,15,18)(H,17,19). The molecule has 1 aromatic rings. The van der Waals surface area contributed by atoms with Gasteiger partial charge in [0.05, 0.1) is 5.69 Å². The van der Waals surface area contributed by atoms with Gasteiger partial charge in [-0.3, -0.25) is 20.4 Å². The van der Waals surface area contributed by atoms with Crippen molar-refractivity contribution < 1.29 is 9.59 Å². The van der Waals surface area contributed by atoms with Gasteiger partial charge in [0.2, 0.25) is 11.8 Å². The van der Waals surface area contributed by atoms with E-state index in [1.807, 2.05) is 37.3 Å². The Kier molecular flexibility index (Phi) is 7.09. The zero-order valence-electron chi connectivity index (χ0n) is 11.2. The van der Waals surface area contributed by atoms with Gasteiger partial charge in [-0.25, -0.2) is 0 Å². The second-order valence-electron chi connectivity index (χ2n) is 4.24. The Morgan fingerprint density at radius 3 is 2.42 bits per heavy atom. The summed E-state index contributed by atoms with van der Waals surface area (Å²) in [5.74, 6) is -0.113. The van der Waals surface area contributed by atoms with Crippen LogP contribution >= 0.6 is 0 Å². The van der Waals surface area contributed by atoms with Gasteiger partial charge in [0.25, 0.3) is 0 Å². The van der Waals surface area contributed by atoms with E-state index in [0.717, 1.165) is 12.1 Å². The van der Waals surface area contributed by atoms with Crippen LogP contribution in [0.2, 0.25) is 0 Å². The summed E-state index contributed by atoms with van der Waals surface area (Å²) in [6.07, 6.45) is 2.20. The second-order valence-corrected chi connectivity index (χ2v) is 4.24. The molecule has 0 bridgehead atoms. The highest BCUT2D eigenvalue weighted by Crippen LogP contribution is 2.03. The molecule has 5 heteroatoms. The lowest BCUT2D eigenvalue weighted by Crippen LogP contribution is -2.29. The van der Waals surface area contributed by atoms with Crippen LogP contribution in [0.5, 0.6) is 0 Å². The monoisotopic (exact) mass is 263 g/mol. The molecule has 0 unspecified atom stereocenters. The van der Waals surface area contributed by atoms with Gasteiger partial charge < -0.3 is 5.32 Å². The highest BCUT2D eigenvalue weighted by Gasteiger charge is 2.04. The molecule has 0 saturated carbocycles. The summed E-state index contributed by atoms with van der Waals surface area (Å²) in [5, 5.41) is 2.78. The van der Waals surface area contributed by atoms with Gasteiger partial charge in [0.1, 0.15) is 0 Å². The highest BCUT2D eigenvalue weighted by molar-refractivity contribution is 5.79. The third kappa shape index (κ3) is 7.08. The van der Waals surface area contributed by atoms with Crippen LogP contribution < -0.4 is 16.2 Å². The molecule has 0 saturated heterocycles. The van der Waals surface area contributed by atoms with Crippen LogP contribution in [0.3, 0.4) is 0 Å². The zero-order chi connectivity index (χ0) is 13.9. The number of hydrogen-bond acceptors (Lipinski definition) is 3. The summed E-state index contributed by atoms with van der Waals surface area (Å²) in [6.45, 7) is 2.70. The predicted octanol–water partition coefficient (Wildman–Crippen LogP) is 1.83. The number of anilines is 1. The fraction of sp³-hybridized carbons (Fsp3) is 0.429. The molecule has 1 rings (SSSR count). The zero-order valence-corrected chi connectivity index (χ0v) is 11.2. The van der Waals surface area contributed by atoms with E-state index in [-0.39, 0.29) is 11.8 Å². The Balaban J connectivity index is 2.10. The van der Waals surface area contributed by atoms with Crippen molar-refractivity contribution in [1.29, 1.82) is 0 Å². The maximum absolute atomic E-state index is 11.5. The molecule has 0 aliphatic heterocycles. The first-order valence-electron chi connectivity index (χ1n) is 6.59. The van der Waals surface area contributed by atoms with Gasteiger partial charge in [-0.2, -0.15) is 0 Å². The van der Waals surface area contributed by atoms with Crippen molar-refractivity contribution in [2.75, 3.05) is 12.0 Å². The summed E-state index contributed by atoms with van der Waals surface area (Å²) in [5.41, 5.74) is 6.24. The summed E-state index contributed by atoms with van der Waals surface area (Å²) in [4.78, 5) is 22.8. The van der Waals surface area contributed by atoms with Crippen molar-refractivity contribution in [3.8, 4) is 0 Å². The van der Waals surface area contributed by atoms with Crippen LogP contribution in [-0.4, -0.2) is 18.4 Å². The lowest BCUT2D eigenvalue weighted by atomic mass is 10.2. The summed E-state index contributed by atoms with van der Waals surface area (Å²) in [7, 11) is 0. The molecule has 0 aliphatic rings. The fourth-order valence-electron chi connectivity index (χ4n) is 1.49. The molecule has 3 N–H and O–H groups in total. The molecular weight excluding hydrogens is 242 g/mol. The van der Waals surface area contributed by atoms with E-state index in [4.69, 9.17) is 0 Å². The van der Waals surface area contributed by atoms with Crippen LogP contribution in [0.25, 0.3) is 0 Å². The first kappa shape index (κ1) is 15.0. The smallest absolute Gasteiger partial charge is 0.238 e. The number of para-hydroxylation sites is 1. The Labute approximate surface area is 113 Å². The van der Waals surface area contributed by atoms with Gasteiger partial charge in [-0.05, 0) is 25.0 Å². The Morgan fingerprint density at radius 1 is 1.05 bits per heavy atom. The molecule has 0 spiro atoms.